The Bertz CT molecular complexity index is 441. The van der Waals surface area contributed by atoms with Gasteiger partial charge < -0.3 is 5.32 Å². The molecule has 92 valence electrons. The van der Waals surface area contributed by atoms with Crippen LogP contribution in [0.2, 0.25) is 5.28 Å². The van der Waals surface area contributed by atoms with Crippen LogP contribution in [0.1, 0.15) is 26.2 Å². The Labute approximate surface area is 104 Å². The summed E-state index contributed by atoms with van der Waals surface area (Å²) < 4.78 is 13.4. The summed E-state index contributed by atoms with van der Waals surface area (Å²) >= 11 is 5.61. The lowest BCUT2D eigenvalue weighted by Gasteiger charge is -2.19. The number of rotatable bonds is 3. The molecule has 0 spiro atoms. The molecule has 0 amide bonds. The van der Waals surface area contributed by atoms with Crippen LogP contribution in [-0.2, 0) is 4.79 Å². The molecule has 6 heteroatoms. The monoisotopic (exact) mass is 257 g/mol. The second-order valence-electron chi connectivity index (χ2n) is 4.23. The normalized spacial score (nSPS) is 23.7. The first-order chi connectivity index (χ1) is 8.08. The highest BCUT2D eigenvalue weighted by atomic mass is 35.5. The zero-order valence-electron chi connectivity index (χ0n) is 9.41. The van der Waals surface area contributed by atoms with Crippen LogP contribution in [0.5, 0.6) is 0 Å². The summed E-state index contributed by atoms with van der Waals surface area (Å²) in [5, 5.41) is 2.94. The standard InChI is InChI=1S/C11H13ClFN3O/c1-6(17)7-3-2-4-9(7)15-10-8(13)5-14-11(12)16-10/h5,7,9H,2-4H2,1H3,(H,14,15,16)/t7?,9-/m1/s1. The van der Waals surface area contributed by atoms with Crippen molar-refractivity contribution in [3.05, 3.63) is 17.3 Å². The number of nitrogens with zero attached hydrogens (tertiary/aromatic N) is 2. The molecular formula is C11H13ClFN3O. The molecule has 0 radical (unpaired) electrons. The fraction of sp³-hybridized carbons (Fsp3) is 0.545. The Morgan fingerprint density at radius 1 is 1.59 bits per heavy atom. The van der Waals surface area contributed by atoms with E-state index in [0.717, 1.165) is 25.5 Å². The van der Waals surface area contributed by atoms with Gasteiger partial charge in [0.1, 0.15) is 5.78 Å². The number of anilines is 1. The molecule has 1 aromatic rings. The maximum Gasteiger partial charge on any atom is 0.224 e. The minimum absolute atomic E-state index is 0.00808. The van der Waals surface area contributed by atoms with E-state index in [4.69, 9.17) is 11.6 Å². The van der Waals surface area contributed by atoms with Crippen molar-refractivity contribution in [1.82, 2.24) is 9.97 Å². The maximum absolute atomic E-state index is 13.4. The molecule has 0 aromatic carbocycles. The van der Waals surface area contributed by atoms with Crippen molar-refractivity contribution in [2.75, 3.05) is 5.32 Å². The van der Waals surface area contributed by atoms with E-state index in [1.165, 1.54) is 0 Å². The summed E-state index contributed by atoms with van der Waals surface area (Å²) in [5.74, 6) is -0.421. The Kier molecular flexibility index (Phi) is 3.57. The number of hydrogen-bond acceptors (Lipinski definition) is 4. The van der Waals surface area contributed by atoms with Crippen LogP contribution in [0.3, 0.4) is 0 Å². The zero-order valence-corrected chi connectivity index (χ0v) is 10.2. The van der Waals surface area contributed by atoms with Gasteiger partial charge in [-0.15, -0.1) is 0 Å². The average molecular weight is 258 g/mol. The van der Waals surface area contributed by atoms with Gasteiger partial charge in [0.05, 0.1) is 6.20 Å². The molecule has 17 heavy (non-hydrogen) atoms. The van der Waals surface area contributed by atoms with Crippen LogP contribution in [0.4, 0.5) is 10.2 Å². The van der Waals surface area contributed by atoms with Crippen LogP contribution in [0.25, 0.3) is 0 Å². The molecule has 0 bridgehead atoms. The lowest BCUT2D eigenvalue weighted by Crippen LogP contribution is -2.29. The van der Waals surface area contributed by atoms with Crippen molar-refractivity contribution in [3.63, 3.8) is 0 Å². The highest BCUT2D eigenvalue weighted by Crippen LogP contribution is 2.29. The summed E-state index contributed by atoms with van der Waals surface area (Å²) in [7, 11) is 0. The van der Waals surface area contributed by atoms with Crippen molar-refractivity contribution in [3.8, 4) is 0 Å². The van der Waals surface area contributed by atoms with Crippen LogP contribution in [-0.4, -0.2) is 21.8 Å². The third-order valence-electron chi connectivity index (χ3n) is 3.07. The average Bonchev–Trinajstić information content (AvgIpc) is 2.71. The molecular weight excluding hydrogens is 245 g/mol. The van der Waals surface area contributed by atoms with Crippen molar-refractivity contribution in [1.29, 1.82) is 0 Å². The van der Waals surface area contributed by atoms with Crippen LogP contribution >= 0.6 is 11.6 Å². The van der Waals surface area contributed by atoms with Gasteiger partial charge in [-0.2, -0.15) is 4.98 Å². The number of carbonyl (C=O) groups excluding carboxylic acids is 1. The molecule has 1 N–H and O–H groups in total. The largest absolute Gasteiger partial charge is 0.364 e. The first-order valence-corrected chi connectivity index (χ1v) is 5.90. The predicted molar refractivity (Wildman–Crippen MR) is 62.4 cm³/mol. The van der Waals surface area contributed by atoms with E-state index in [9.17, 15) is 9.18 Å². The predicted octanol–water partition coefficient (Wildman–Crippen LogP) is 2.44. The second-order valence-corrected chi connectivity index (χ2v) is 4.57. The van der Waals surface area contributed by atoms with Gasteiger partial charge in [-0.3, -0.25) is 4.79 Å². The fourth-order valence-corrected chi connectivity index (χ4v) is 2.38. The third-order valence-corrected chi connectivity index (χ3v) is 3.26. The van der Waals surface area contributed by atoms with Gasteiger partial charge >= 0.3 is 0 Å². The van der Waals surface area contributed by atoms with Crippen molar-refractivity contribution < 1.29 is 9.18 Å². The molecule has 1 aliphatic carbocycles. The molecule has 2 atom stereocenters. The van der Waals surface area contributed by atoms with Gasteiger partial charge in [0.15, 0.2) is 11.6 Å². The molecule has 4 nitrogen and oxygen atoms in total. The summed E-state index contributed by atoms with van der Waals surface area (Å²) in [6.07, 6.45) is 3.66. The Morgan fingerprint density at radius 2 is 2.35 bits per heavy atom. The summed E-state index contributed by atoms with van der Waals surface area (Å²) in [6.45, 7) is 1.56. The second kappa shape index (κ2) is 4.96. The first-order valence-electron chi connectivity index (χ1n) is 5.53. The summed E-state index contributed by atoms with van der Waals surface area (Å²) in [4.78, 5) is 18.7. The van der Waals surface area contributed by atoms with Gasteiger partial charge in [-0.05, 0) is 31.4 Å². The van der Waals surface area contributed by atoms with Crippen molar-refractivity contribution >= 4 is 23.2 Å². The zero-order chi connectivity index (χ0) is 12.4. The van der Waals surface area contributed by atoms with E-state index in [-0.39, 0.29) is 28.8 Å². The lowest BCUT2D eigenvalue weighted by atomic mass is 9.99. The number of carbonyl (C=O) groups is 1. The first kappa shape index (κ1) is 12.2. The van der Waals surface area contributed by atoms with Crippen LogP contribution < -0.4 is 5.32 Å². The molecule has 1 heterocycles. The number of halogens is 2. The van der Waals surface area contributed by atoms with Crippen molar-refractivity contribution in [2.24, 2.45) is 5.92 Å². The fourth-order valence-electron chi connectivity index (χ4n) is 2.24. The van der Waals surface area contributed by atoms with Gasteiger partial charge in [0.2, 0.25) is 5.28 Å². The molecule has 0 saturated heterocycles. The lowest BCUT2D eigenvalue weighted by molar-refractivity contribution is -0.120. The number of aromatic nitrogens is 2. The topological polar surface area (TPSA) is 54.9 Å². The molecule has 1 unspecified atom stereocenters. The van der Waals surface area contributed by atoms with E-state index < -0.39 is 5.82 Å². The van der Waals surface area contributed by atoms with Gasteiger partial charge in [0, 0.05) is 12.0 Å². The van der Waals surface area contributed by atoms with E-state index in [1.54, 1.807) is 6.92 Å². The molecule has 1 saturated carbocycles. The molecule has 0 aliphatic heterocycles. The van der Waals surface area contributed by atoms with Gasteiger partial charge in [-0.25, -0.2) is 9.37 Å². The Hall–Kier alpha value is -1.23. The quantitative estimate of drug-likeness (QED) is 0.845. The maximum atomic E-state index is 13.4. The summed E-state index contributed by atoms with van der Waals surface area (Å²) in [5.41, 5.74) is 0. The SMILES string of the molecule is CC(=O)C1CCC[C@H]1Nc1nc(Cl)ncc1F. The summed E-state index contributed by atoms with van der Waals surface area (Å²) in [6, 6.07) is -0.0621. The van der Waals surface area contributed by atoms with E-state index >= 15 is 0 Å². The molecule has 1 aliphatic rings. The third kappa shape index (κ3) is 2.72. The molecule has 1 aromatic heterocycles. The number of ketones is 1. The number of Topliss-reactive ketones (excluding diaryl/α,β-unsaturated/α-hetero) is 1. The number of nitrogens with one attached hydrogen (secondary N) is 1. The highest BCUT2D eigenvalue weighted by Gasteiger charge is 2.31. The smallest absolute Gasteiger partial charge is 0.224 e. The van der Waals surface area contributed by atoms with Crippen molar-refractivity contribution in [2.45, 2.75) is 32.2 Å². The molecule has 1 fully saturated rings. The number of hydrogen-bond donors (Lipinski definition) is 1. The minimum Gasteiger partial charge on any atom is -0.364 e. The van der Waals surface area contributed by atoms with E-state index in [1.807, 2.05) is 0 Å². The highest BCUT2D eigenvalue weighted by molar-refractivity contribution is 6.28. The van der Waals surface area contributed by atoms with E-state index in [0.29, 0.717) is 0 Å². The molecule has 2 rings (SSSR count). The Balaban J connectivity index is 2.15. The van der Waals surface area contributed by atoms with Gasteiger partial charge in [-0.1, -0.05) is 6.42 Å². The van der Waals surface area contributed by atoms with Crippen LogP contribution in [0, 0.1) is 11.7 Å². The van der Waals surface area contributed by atoms with Gasteiger partial charge in [0.25, 0.3) is 0 Å². The minimum atomic E-state index is -0.552. The van der Waals surface area contributed by atoms with E-state index in [2.05, 4.69) is 15.3 Å². The Morgan fingerprint density at radius 3 is 3.06 bits per heavy atom. The van der Waals surface area contributed by atoms with Crippen LogP contribution in [0.15, 0.2) is 6.20 Å².